The minimum Gasteiger partial charge on any atom is -0.378 e. The van der Waals surface area contributed by atoms with Crippen LogP contribution in [0, 0.1) is 0 Å². The molecule has 2 aliphatic heterocycles. The molecule has 1 saturated heterocycles. The summed E-state index contributed by atoms with van der Waals surface area (Å²) < 4.78 is 5.16. The van der Waals surface area contributed by atoms with Crippen molar-refractivity contribution in [1.29, 1.82) is 0 Å². The zero-order valence-corrected chi connectivity index (χ0v) is 10.4. The number of nitrogens with one attached hydrogen (secondary N) is 1. The van der Waals surface area contributed by atoms with Crippen LogP contribution in [0.4, 0.5) is 5.69 Å². The van der Waals surface area contributed by atoms with Gasteiger partial charge >= 0.3 is 0 Å². The van der Waals surface area contributed by atoms with Gasteiger partial charge in [0.1, 0.15) is 0 Å². The van der Waals surface area contributed by atoms with E-state index in [1.54, 1.807) is 0 Å². The first-order chi connectivity index (χ1) is 8.33. The maximum atomic E-state index is 5.16. The third kappa shape index (κ3) is 2.31. The summed E-state index contributed by atoms with van der Waals surface area (Å²) in [7, 11) is 2.18. The van der Waals surface area contributed by atoms with E-state index in [0.29, 0.717) is 6.04 Å². The summed E-state index contributed by atoms with van der Waals surface area (Å²) in [6.07, 6.45) is 2.50. The van der Waals surface area contributed by atoms with E-state index in [2.05, 4.69) is 35.5 Å². The molecular formula is C14H20N2O. The molecular weight excluding hydrogens is 212 g/mol. The standard InChI is InChI=1S/C14H20N2O/c1-16-6-2-3-12-7-11(4-5-14(12)16)8-15-13-9-17-10-13/h4-5,7,13,15H,2-3,6,8-10H2,1H3. The first-order valence-corrected chi connectivity index (χ1v) is 6.47. The van der Waals surface area contributed by atoms with E-state index >= 15 is 0 Å². The topological polar surface area (TPSA) is 24.5 Å². The molecule has 1 aromatic rings. The maximum absolute atomic E-state index is 5.16. The van der Waals surface area contributed by atoms with Crippen molar-refractivity contribution in [2.24, 2.45) is 0 Å². The van der Waals surface area contributed by atoms with E-state index in [1.807, 2.05) is 0 Å². The first kappa shape index (κ1) is 11.1. The summed E-state index contributed by atoms with van der Waals surface area (Å²) in [4.78, 5) is 2.36. The van der Waals surface area contributed by atoms with Gasteiger partial charge < -0.3 is 15.0 Å². The molecule has 3 nitrogen and oxygen atoms in total. The van der Waals surface area contributed by atoms with Crippen LogP contribution in [0.25, 0.3) is 0 Å². The van der Waals surface area contributed by atoms with Gasteiger partial charge in [-0.3, -0.25) is 0 Å². The van der Waals surface area contributed by atoms with E-state index in [1.165, 1.54) is 36.2 Å². The second kappa shape index (κ2) is 4.67. The molecule has 2 heterocycles. The molecule has 0 aromatic heterocycles. The van der Waals surface area contributed by atoms with Crippen molar-refractivity contribution >= 4 is 5.69 Å². The maximum Gasteiger partial charge on any atom is 0.0643 e. The van der Waals surface area contributed by atoms with Crippen LogP contribution in [0.1, 0.15) is 17.5 Å². The van der Waals surface area contributed by atoms with Crippen LogP contribution in [0.3, 0.4) is 0 Å². The van der Waals surface area contributed by atoms with Crippen LogP contribution in [-0.4, -0.2) is 32.8 Å². The number of nitrogens with zero attached hydrogens (tertiary/aromatic N) is 1. The Hall–Kier alpha value is -1.06. The molecule has 3 rings (SSSR count). The highest BCUT2D eigenvalue weighted by Crippen LogP contribution is 2.26. The van der Waals surface area contributed by atoms with Crippen molar-refractivity contribution in [3.05, 3.63) is 29.3 Å². The van der Waals surface area contributed by atoms with E-state index in [4.69, 9.17) is 4.74 Å². The van der Waals surface area contributed by atoms with Gasteiger partial charge in [-0.25, -0.2) is 0 Å². The predicted molar refractivity (Wildman–Crippen MR) is 69.5 cm³/mol. The lowest BCUT2D eigenvalue weighted by Crippen LogP contribution is -2.45. The molecule has 0 bridgehead atoms. The summed E-state index contributed by atoms with van der Waals surface area (Å²) >= 11 is 0. The smallest absolute Gasteiger partial charge is 0.0643 e. The number of aryl methyl sites for hydroxylation is 1. The fourth-order valence-electron chi connectivity index (χ4n) is 2.56. The molecule has 92 valence electrons. The number of hydrogen-bond donors (Lipinski definition) is 1. The molecule has 0 radical (unpaired) electrons. The number of benzene rings is 1. The lowest BCUT2D eigenvalue weighted by atomic mass is 9.99. The van der Waals surface area contributed by atoms with Gasteiger partial charge in [-0.2, -0.15) is 0 Å². The fraction of sp³-hybridized carbons (Fsp3) is 0.571. The number of ether oxygens (including phenoxy) is 1. The predicted octanol–water partition coefficient (Wildman–Crippen LogP) is 1.56. The SMILES string of the molecule is CN1CCCc2cc(CNC3COC3)ccc21. The molecule has 17 heavy (non-hydrogen) atoms. The summed E-state index contributed by atoms with van der Waals surface area (Å²) in [5.41, 5.74) is 4.31. The Morgan fingerprint density at radius 3 is 3.06 bits per heavy atom. The van der Waals surface area contributed by atoms with Crippen molar-refractivity contribution in [3.63, 3.8) is 0 Å². The van der Waals surface area contributed by atoms with Crippen molar-refractivity contribution in [2.45, 2.75) is 25.4 Å². The summed E-state index contributed by atoms with van der Waals surface area (Å²) in [6.45, 7) is 3.89. The van der Waals surface area contributed by atoms with Gasteiger partial charge in [0.2, 0.25) is 0 Å². The third-order valence-corrected chi connectivity index (χ3v) is 3.73. The zero-order valence-electron chi connectivity index (χ0n) is 10.4. The molecule has 0 amide bonds. The molecule has 0 atom stereocenters. The number of rotatable bonds is 3. The van der Waals surface area contributed by atoms with E-state index in [9.17, 15) is 0 Å². The van der Waals surface area contributed by atoms with Gasteiger partial charge in [0.15, 0.2) is 0 Å². The number of fused-ring (bicyclic) bond motifs is 1. The van der Waals surface area contributed by atoms with Crippen molar-refractivity contribution in [1.82, 2.24) is 5.32 Å². The first-order valence-electron chi connectivity index (χ1n) is 6.47. The zero-order chi connectivity index (χ0) is 11.7. The lowest BCUT2D eigenvalue weighted by Gasteiger charge is -2.29. The number of anilines is 1. The number of hydrogen-bond acceptors (Lipinski definition) is 3. The largest absolute Gasteiger partial charge is 0.378 e. The molecule has 2 aliphatic rings. The van der Waals surface area contributed by atoms with Crippen LogP contribution in [0.2, 0.25) is 0 Å². The highest BCUT2D eigenvalue weighted by molar-refractivity contribution is 5.56. The molecule has 0 aliphatic carbocycles. The molecule has 1 fully saturated rings. The Bertz CT molecular complexity index is 401. The van der Waals surface area contributed by atoms with E-state index in [0.717, 1.165) is 19.8 Å². The second-order valence-electron chi connectivity index (χ2n) is 5.10. The van der Waals surface area contributed by atoms with Crippen LogP contribution in [0.15, 0.2) is 18.2 Å². The molecule has 3 heteroatoms. The minimum absolute atomic E-state index is 0.564. The van der Waals surface area contributed by atoms with Gasteiger partial charge in [0, 0.05) is 25.8 Å². The Morgan fingerprint density at radius 1 is 1.41 bits per heavy atom. The van der Waals surface area contributed by atoms with Crippen molar-refractivity contribution in [2.75, 3.05) is 31.7 Å². The average molecular weight is 232 g/mol. The Kier molecular flexibility index (Phi) is 3.04. The van der Waals surface area contributed by atoms with Crippen LogP contribution >= 0.6 is 0 Å². The highest BCUT2D eigenvalue weighted by Gasteiger charge is 2.18. The normalized spacial score (nSPS) is 19.9. The molecule has 0 unspecified atom stereocenters. The Labute approximate surface area is 103 Å². The second-order valence-corrected chi connectivity index (χ2v) is 5.10. The van der Waals surface area contributed by atoms with E-state index in [-0.39, 0.29) is 0 Å². The van der Waals surface area contributed by atoms with Gasteiger partial charge in [-0.15, -0.1) is 0 Å². The molecule has 1 N–H and O–H groups in total. The molecule has 1 aromatic carbocycles. The monoisotopic (exact) mass is 232 g/mol. The Balaban J connectivity index is 1.69. The minimum atomic E-state index is 0.564. The fourth-order valence-corrected chi connectivity index (χ4v) is 2.56. The third-order valence-electron chi connectivity index (χ3n) is 3.73. The summed E-state index contributed by atoms with van der Waals surface area (Å²) in [5, 5.41) is 3.51. The molecule has 0 saturated carbocycles. The highest BCUT2D eigenvalue weighted by atomic mass is 16.5. The molecule has 0 spiro atoms. The van der Waals surface area contributed by atoms with Crippen LogP contribution < -0.4 is 10.2 Å². The van der Waals surface area contributed by atoms with Crippen LogP contribution in [-0.2, 0) is 17.7 Å². The summed E-state index contributed by atoms with van der Waals surface area (Å²) in [6, 6.07) is 7.43. The van der Waals surface area contributed by atoms with Crippen molar-refractivity contribution in [3.8, 4) is 0 Å². The van der Waals surface area contributed by atoms with Crippen LogP contribution in [0.5, 0.6) is 0 Å². The van der Waals surface area contributed by atoms with Gasteiger partial charge in [-0.1, -0.05) is 12.1 Å². The van der Waals surface area contributed by atoms with E-state index < -0.39 is 0 Å². The van der Waals surface area contributed by atoms with Crippen molar-refractivity contribution < 1.29 is 4.74 Å². The summed E-state index contributed by atoms with van der Waals surface area (Å²) in [5.74, 6) is 0. The quantitative estimate of drug-likeness (QED) is 0.856. The Morgan fingerprint density at radius 2 is 2.29 bits per heavy atom. The lowest BCUT2D eigenvalue weighted by molar-refractivity contribution is -0.00578. The van der Waals surface area contributed by atoms with Gasteiger partial charge in [-0.05, 0) is 30.0 Å². The van der Waals surface area contributed by atoms with Gasteiger partial charge in [0.05, 0.1) is 19.3 Å². The van der Waals surface area contributed by atoms with Gasteiger partial charge in [0.25, 0.3) is 0 Å². The average Bonchev–Trinajstić information content (AvgIpc) is 2.27.